The van der Waals surface area contributed by atoms with Crippen molar-refractivity contribution in [2.75, 3.05) is 26.2 Å². The van der Waals surface area contributed by atoms with Gasteiger partial charge in [-0.15, -0.1) is 0 Å². The van der Waals surface area contributed by atoms with Gasteiger partial charge in [-0.25, -0.2) is 9.97 Å². The number of carbonyl (C=O) groups excluding carboxylic acids is 2. The Bertz CT molecular complexity index is 2060. The van der Waals surface area contributed by atoms with E-state index in [9.17, 15) is 9.59 Å². The lowest BCUT2D eigenvalue weighted by Gasteiger charge is -2.28. The molecule has 10 nitrogen and oxygen atoms in total. The monoisotopic (exact) mass is 746 g/mol. The van der Waals surface area contributed by atoms with Crippen LogP contribution in [0.5, 0.6) is 0 Å². The highest BCUT2D eigenvalue weighted by molar-refractivity contribution is 5.85. The number of hydrogen-bond donors (Lipinski definition) is 4. The largest absolute Gasteiger partial charge is 0.340 e. The molecule has 56 heavy (non-hydrogen) atoms. The van der Waals surface area contributed by atoms with Crippen LogP contribution in [0.4, 0.5) is 0 Å². The zero-order valence-electron chi connectivity index (χ0n) is 32.1. The first-order valence-corrected chi connectivity index (χ1v) is 20.0. The number of amides is 2. The van der Waals surface area contributed by atoms with Gasteiger partial charge in [0.25, 0.3) is 0 Å². The molecule has 0 saturated carbocycles. The van der Waals surface area contributed by atoms with E-state index in [1.54, 1.807) is 0 Å². The number of H-pyrrole nitrogens is 2. The summed E-state index contributed by atoms with van der Waals surface area (Å²) in [6.07, 6.45) is 7.41. The van der Waals surface area contributed by atoms with Gasteiger partial charge in [-0.1, -0.05) is 123 Å². The first-order valence-electron chi connectivity index (χ1n) is 20.0. The number of carbonyl (C=O) groups is 2. The SMILES string of the molecule is CCN[C@@H](C(=O)N1CCC[C@H]1c1ncc(-c2ccc(-c3ccc(-c4cnc([C@@H]5CCCN5C(=O)[C@H](NCC)c5ccccc5)[nH]4)cc3)cc2)[nH]1)c1ccccc1. The van der Waals surface area contributed by atoms with Gasteiger partial charge in [0.15, 0.2) is 0 Å². The maximum absolute atomic E-state index is 13.8. The Kier molecular flexibility index (Phi) is 11.2. The van der Waals surface area contributed by atoms with Crippen LogP contribution in [0.1, 0.15) is 86.5 Å². The van der Waals surface area contributed by atoms with Gasteiger partial charge in [0, 0.05) is 13.1 Å². The Morgan fingerprint density at radius 3 is 1.34 bits per heavy atom. The molecule has 0 aliphatic carbocycles. The van der Waals surface area contributed by atoms with Crippen molar-refractivity contribution in [2.24, 2.45) is 0 Å². The molecule has 8 rings (SSSR count). The Morgan fingerprint density at radius 2 is 0.964 bits per heavy atom. The van der Waals surface area contributed by atoms with Crippen molar-refractivity contribution in [2.45, 2.75) is 63.7 Å². The topological polar surface area (TPSA) is 122 Å². The van der Waals surface area contributed by atoms with E-state index in [0.29, 0.717) is 13.1 Å². The zero-order valence-corrected chi connectivity index (χ0v) is 32.1. The van der Waals surface area contributed by atoms with Gasteiger partial charge in [-0.3, -0.25) is 9.59 Å². The Hall–Kier alpha value is -5.84. The summed E-state index contributed by atoms with van der Waals surface area (Å²) in [5.41, 5.74) is 8.13. The molecule has 2 aliphatic heterocycles. The number of benzene rings is 4. The second-order valence-electron chi connectivity index (χ2n) is 14.7. The van der Waals surface area contributed by atoms with Gasteiger partial charge in [-0.05, 0) is 72.2 Å². The summed E-state index contributed by atoms with van der Waals surface area (Å²) in [5, 5.41) is 6.79. The highest BCUT2D eigenvalue weighted by Crippen LogP contribution is 2.36. The molecule has 2 aliphatic rings. The smallest absolute Gasteiger partial charge is 0.244 e. The van der Waals surface area contributed by atoms with Crippen LogP contribution in [0.2, 0.25) is 0 Å². The molecule has 2 saturated heterocycles. The van der Waals surface area contributed by atoms with Crippen molar-refractivity contribution >= 4 is 11.8 Å². The Morgan fingerprint density at radius 1 is 0.589 bits per heavy atom. The normalized spacial score (nSPS) is 18.0. The van der Waals surface area contributed by atoms with E-state index in [-0.39, 0.29) is 36.0 Å². The predicted molar refractivity (Wildman–Crippen MR) is 220 cm³/mol. The molecule has 2 aromatic heterocycles. The molecule has 286 valence electrons. The summed E-state index contributed by atoms with van der Waals surface area (Å²) < 4.78 is 0. The summed E-state index contributed by atoms with van der Waals surface area (Å²) in [6, 6.07) is 36.0. The van der Waals surface area contributed by atoms with Gasteiger partial charge in [0.05, 0.1) is 35.9 Å². The summed E-state index contributed by atoms with van der Waals surface area (Å²) in [7, 11) is 0. The minimum atomic E-state index is -0.378. The van der Waals surface area contributed by atoms with Gasteiger partial charge in [0.2, 0.25) is 11.8 Å². The van der Waals surface area contributed by atoms with Crippen LogP contribution in [0.25, 0.3) is 33.6 Å². The molecule has 4 aromatic carbocycles. The average molecular weight is 747 g/mol. The van der Waals surface area contributed by atoms with Crippen LogP contribution in [0.15, 0.2) is 122 Å². The molecule has 10 heteroatoms. The molecular formula is C46H50N8O2. The van der Waals surface area contributed by atoms with Crippen LogP contribution in [0.3, 0.4) is 0 Å². The third-order valence-corrected chi connectivity index (χ3v) is 11.2. The van der Waals surface area contributed by atoms with Crippen LogP contribution in [-0.4, -0.2) is 67.7 Å². The van der Waals surface area contributed by atoms with Crippen molar-refractivity contribution in [1.29, 1.82) is 0 Å². The molecular weight excluding hydrogens is 697 g/mol. The molecule has 4 N–H and O–H groups in total. The minimum absolute atomic E-state index is 0.0838. The van der Waals surface area contributed by atoms with Crippen molar-refractivity contribution in [1.82, 2.24) is 40.4 Å². The zero-order chi connectivity index (χ0) is 38.4. The molecule has 2 fully saturated rings. The number of hydrogen-bond acceptors (Lipinski definition) is 6. The van der Waals surface area contributed by atoms with Crippen molar-refractivity contribution in [3.05, 3.63) is 144 Å². The molecule has 4 heterocycles. The summed E-state index contributed by atoms with van der Waals surface area (Å²) in [6.45, 7) is 6.91. The van der Waals surface area contributed by atoms with Gasteiger partial charge >= 0.3 is 0 Å². The maximum Gasteiger partial charge on any atom is 0.244 e. The second-order valence-corrected chi connectivity index (χ2v) is 14.7. The lowest BCUT2D eigenvalue weighted by molar-refractivity contribution is -0.135. The number of aromatic amines is 2. The van der Waals surface area contributed by atoms with Crippen LogP contribution in [0, 0.1) is 0 Å². The summed E-state index contributed by atoms with van der Waals surface area (Å²) >= 11 is 0. The van der Waals surface area contributed by atoms with E-state index in [2.05, 4.69) is 69.1 Å². The Balaban J connectivity index is 0.924. The third kappa shape index (κ3) is 7.67. The van der Waals surface area contributed by atoms with Crippen LogP contribution in [-0.2, 0) is 9.59 Å². The van der Waals surface area contributed by atoms with E-state index in [1.165, 1.54) is 0 Å². The number of likely N-dealkylation sites (tertiary alicyclic amines) is 2. The first kappa shape index (κ1) is 37.1. The third-order valence-electron chi connectivity index (χ3n) is 11.2. The van der Waals surface area contributed by atoms with E-state index in [1.807, 2.05) is 96.7 Å². The fourth-order valence-corrected chi connectivity index (χ4v) is 8.35. The van der Waals surface area contributed by atoms with Crippen LogP contribution >= 0.6 is 0 Å². The van der Waals surface area contributed by atoms with E-state index in [0.717, 1.165) is 95.2 Å². The van der Waals surface area contributed by atoms with E-state index < -0.39 is 0 Å². The number of aromatic nitrogens is 4. The predicted octanol–water partition coefficient (Wildman–Crippen LogP) is 8.16. The van der Waals surface area contributed by atoms with Crippen LogP contribution < -0.4 is 10.6 Å². The molecule has 2 amide bonds. The number of likely N-dealkylation sites (N-methyl/N-ethyl adjacent to an activating group) is 2. The standard InChI is InChI=1S/C46H50N8O2/c1-3-47-41(35-13-7-5-8-14-35)45(55)53-27-11-17-39(53)43-49-29-37(51-43)33-23-19-31(20-24-33)32-21-25-34(26-22-32)38-30-50-44(52-38)40-18-12-28-54(40)46(56)42(48-4-2)36-15-9-6-10-16-36/h5-10,13-16,19-26,29-30,39-42,47-48H,3-4,11-12,17-18,27-28H2,1-2H3,(H,49,51)(H,50,52)/t39-,40-,41+,42+/m0/s1. The quantitative estimate of drug-likeness (QED) is 0.0947. The lowest BCUT2D eigenvalue weighted by atomic mass is 10.0. The summed E-state index contributed by atoms with van der Waals surface area (Å²) in [4.78, 5) is 48.3. The highest BCUT2D eigenvalue weighted by Gasteiger charge is 2.37. The van der Waals surface area contributed by atoms with Crippen molar-refractivity contribution in [3.63, 3.8) is 0 Å². The number of rotatable bonds is 13. The second kappa shape index (κ2) is 16.9. The number of nitrogens with one attached hydrogen (secondary N) is 4. The fraction of sp³-hybridized carbons (Fsp3) is 0.304. The molecule has 0 bridgehead atoms. The molecule has 0 radical (unpaired) electrons. The number of imidazole rings is 2. The van der Waals surface area contributed by atoms with E-state index >= 15 is 0 Å². The maximum atomic E-state index is 13.8. The fourth-order valence-electron chi connectivity index (χ4n) is 8.35. The molecule has 0 unspecified atom stereocenters. The molecule has 6 aromatic rings. The molecule has 4 atom stereocenters. The average Bonchev–Trinajstić information content (AvgIpc) is 4.10. The lowest BCUT2D eigenvalue weighted by Crippen LogP contribution is -2.40. The molecule has 0 spiro atoms. The van der Waals surface area contributed by atoms with Crippen molar-refractivity contribution in [3.8, 4) is 33.6 Å². The van der Waals surface area contributed by atoms with Gasteiger partial charge < -0.3 is 30.4 Å². The first-order chi connectivity index (χ1) is 27.5. The minimum Gasteiger partial charge on any atom is -0.340 e. The van der Waals surface area contributed by atoms with Gasteiger partial charge in [-0.2, -0.15) is 0 Å². The van der Waals surface area contributed by atoms with Gasteiger partial charge in [0.1, 0.15) is 23.7 Å². The number of nitrogens with zero attached hydrogens (tertiary/aromatic N) is 4. The highest BCUT2D eigenvalue weighted by atomic mass is 16.2. The Labute approximate surface area is 328 Å². The van der Waals surface area contributed by atoms with Crippen molar-refractivity contribution < 1.29 is 9.59 Å². The summed E-state index contributed by atoms with van der Waals surface area (Å²) in [5.74, 6) is 1.83. The van der Waals surface area contributed by atoms with E-state index in [4.69, 9.17) is 9.97 Å².